The molecule has 5 rings (SSSR count). The van der Waals surface area contributed by atoms with Gasteiger partial charge >= 0.3 is 6.18 Å². The molecule has 184 valence electrons. The topological polar surface area (TPSA) is 60.0 Å². The minimum atomic E-state index is -4.67. The van der Waals surface area contributed by atoms with E-state index in [0.29, 0.717) is 23.1 Å². The van der Waals surface area contributed by atoms with E-state index in [0.717, 1.165) is 61.2 Å². The molecule has 6 nitrogen and oxygen atoms in total. The third kappa shape index (κ3) is 4.45. The number of aryl methyl sites for hydroxylation is 1. The minimum absolute atomic E-state index is 0. The number of likely N-dealkylation sites (tertiary alicyclic amines) is 1. The van der Waals surface area contributed by atoms with Crippen LogP contribution in [-0.4, -0.2) is 50.0 Å². The van der Waals surface area contributed by atoms with Gasteiger partial charge in [0.1, 0.15) is 5.82 Å². The summed E-state index contributed by atoms with van der Waals surface area (Å²) in [6, 6.07) is 3.42. The van der Waals surface area contributed by atoms with E-state index in [1.807, 2.05) is 18.5 Å². The average Bonchev–Trinajstić information content (AvgIpc) is 3.05. The Balaban J connectivity index is 0.00000274. The maximum atomic E-state index is 14.1. The highest BCUT2D eigenvalue weighted by Gasteiger charge is 2.60. The molecule has 3 aromatic rings. The number of alkyl halides is 3. The van der Waals surface area contributed by atoms with Crippen LogP contribution in [0.4, 0.5) is 17.6 Å². The van der Waals surface area contributed by atoms with Crippen LogP contribution < -0.4 is 0 Å². The third-order valence-corrected chi connectivity index (χ3v) is 7.81. The summed E-state index contributed by atoms with van der Waals surface area (Å²) in [4.78, 5) is 6.41. The van der Waals surface area contributed by atoms with Crippen LogP contribution in [0.2, 0.25) is 0 Å². The Labute approximate surface area is 204 Å². The first-order chi connectivity index (χ1) is 15.7. The normalized spacial score (nSPS) is 22.0. The predicted octanol–water partition coefficient (Wildman–Crippen LogP) is 5.11. The third-order valence-electron chi connectivity index (χ3n) is 6.70. The Morgan fingerprint density at radius 3 is 2.74 bits per heavy atom. The van der Waals surface area contributed by atoms with E-state index in [2.05, 4.69) is 20.1 Å². The molecule has 3 heterocycles. The van der Waals surface area contributed by atoms with Crippen molar-refractivity contribution in [3.63, 3.8) is 0 Å². The van der Waals surface area contributed by atoms with Gasteiger partial charge in [-0.15, -0.1) is 22.6 Å². The van der Waals surface area contributed by atoms with Gasteiger partial charge in [-0.1, -0.05) is 17.8 Å². The number of halogens is 5. The van der Waals surface area contributed by atoms with Crippen molar-refractivity contribution in [2.45, 2.75) is 36.5 Å². The molecule has 1 saturated carbocycles. The Kier molecular flexibility index (Phi) is 6.73. The van der Waals surface area contributed by atoms with E-state index in [9.17, 15) is 17.6 Å². The number of hydrogen-bond donors (Lipinski definition) is 0. The molecule has 0 amide bonds. The lowest BCUT2D eigenvalue weighted by Crippen LogP contribution is -2.28. The fourth-order valence-corrected chi connectivity index (χ4v) is 5.70. The van der Waals surface area contributed by atoms with E-state index in [4.69, 9.17) is 4.42 Å². The first kappa shape index (κ1) is 25.0. The molecule has 2 aromatic heterocycles. The molecule has 2 fully saturated rings. The van der Waals surface area contributed by atoms with Crippen LogP contribution in [0.5, 0.6) is 0 Å². The van der Waals surface area contributed by atoms with Crippen molar-refractivity contribution in [2.24, 2.45) is 13.0 Å². The SMILES string of the molecule is Cc1ncoc1-c1nnc(SCCCN2C[C@H]3CC3(c3ccc(C(F)(F)F)c(F)c3)C2)n1C.Cl. The lowest BCUT2D eigenvalue weighted by molar-refractivity contribution is -0.140. The fourth-order valence-electron chi connectivity index (χ4n) is 4.87. The number of thioether (sulfide) groups is 1. The molecular formula is C22H24ClF4N5OS. The highest BCUT2D eigenvalue weighted by Crippen LogP contribution is 2.59. The van der Waals surface area contributed by atoms with Crippen molar-refractivity contribution >= 4 is 24.2 Å². The molecule has 0 bridgehead atoms. The zero-order chi connectivity index (χ0) is 23.4. The Hall–Kier alpha value is -2.11. The van der Waals surface area contributed by atoms with Gasteiger partial charge in [-0.2, -0.15) is 13.2 Å². The lowest BCUT2D eigenvalue weighted by atomic mass is 9.93. The molecule has 0 spiro atoms. The largest absolute Gasteiger partial charge is 0.440 e. The molecule has 0 N–H and O–H groups in total. The first-order valence-electron chi connectivity index (χ1n) is 10.7. The summed E-state index contributed by atoms with van der Waals surface area (Å²) in [5.74, 6) is 1.30. The number of hydrogen-bond acceptors (Lipinski definition) is 6. The van der Waals surface area contributed by atoms with Crippen LogP contribution in [-0.2, 0) is 18.6 Å². The van der Waals surface area contributed by atoms with Gasteiger partial charge in [0.2, 0.25) is 5.82 Å². The van der Waals surface area contributed by atoms with E-state index in [1.54, 1.807) is 11.8 Å². The maximum absolute atomic E-state index is 14.1. The van der Waals surface area contributed by atoms with Crippen LogP contribution in [0.15, 0.2) is 34.2 Å². The molecule has 1 saturated heterocycles. The Bertz CT molecular complexity index is 1180. The van der Waals surface area contributed by atoms with E-state index >= 15 is 0 Å². The summed E-state index contributed by atoms with van der Waals surface area (Å²) in [5.41, 5.74) is 0.0452. The van der Waals surface area contributed by atoms with E-state index < -0.39 is 17.6 Å². The molecule has 1 aromatic carbocycles. The van der Waals surface area contributed by atoms with Crippen LogP contribution in [0.25, 0.3) is 11.6 Å². The number of nitrogens with zero attached hydrogens (tertiary/aromatic N) is 5. The molecule has 2 aliphatic rings. The molecule has 1 aliphatic heterocycles. The Morgan fingerprint density at radius 2 is 2.06 bits per heavy atom. The summed E-state index contributed by atoms with van der Waals surface area (Å²) >= 11 is 1.61. The minimum Gasteiger partial charge on any atom is -0.440 e. The van der Waals surface area contributed by atoms with Gasteiger partial charge in [-0.3, -0.25) is 0 Å². The van der Waals surface area contributed by atoms with Gasteiger partial charge in [-0.05, 0) is 49.9 Å². The number of aromatic nitrogens is 4. The molecule has 1 unspecified atom stereocenters. The Morgan fingerprint density at radius 1 is 1.26 bits per heavy atom. The first-order valence-corrected chi connectivity index (χ1v) is 11.7. The zero-order valence-corrected chi connectivity index (χ0v) is 20.2. The number of oxazole rings is 1. The van der Waals surface area contributed by atoms with Crippen LogP contribution in [0, 0.1) is 18.7 Å². The van der Waals surface area contributed by atoms with E-state index in [-0.39, 0.29) is 17.8 Å². The number of fused-ring (bicyclic) bond motifs is 1. The molecule has 2 atom stereocenters. The van der Waals surface area contributed by atoms with Crippen molar-refractivity contribution < 1.29 is 22.0 Å². The highest BCUT2D eigenvalue weighted by atomic mass is 35.5. The van der Waals surface area contributed by atoms with Crippen molar-refractivity contribution in [1.29, 1.82) is 0 Å². The van der Waals surface area contributed by atoms with Crippen molar-refractivity contribution in [2.75, 3.05) is 25.4 Å². The average molecular weight is 518 g/mol. The maximum Gasteiger partial charge on any atom is 0.419 e. The van der Waals surface area contributed by atoms with Crippen LogP contribution >= 0.6 is 24.2 Å². The van der Waals surface area contributed by atoms with E-state index in [1.165, 1.54) is 12.5 Å². The molecule has 0 radical (unpaired) electrons. The second-order valence-electron chi connectivity index (χ2n) is 8.82. The zero-order valence-electron chi connectivity index (χ0n) is 18.6. The smallest absolute Gasteiger partial charge is 0.419 e. The molecule has 34 heavy (non-hydrogen) atoms. The van der Waals surface area contributed by atoms with Gasteiger partial charge < -0.3 is 13.9 Å². The summed E-state index contributed by atoms with van der Waals surface area (Å²) in [6.45, 7) is 4.38. The number of rotatable bonds is 7. The number of benzene rings is 1. The second kappa shape index (κ2) is 9.16. The highest BCUT2D eigenvalue weighted by molar-refractivity contribution is 7.99. The van der Waals surface area contributed by atoms with Gasteiger partial charge in [0, 0.05) is 31.3 Å². The fraction of sp³-hybridized carbons (Fsp3) is 0.500. The monoisotopic (exact) mass is 517 g/mol. The van der Waals surface area contributed by atoms with Crippen molar-refractivity contribution in [3.8, 4) is 11.6 Å². The number of piperidine rings is 1. The standard InChI is InChI=1S/C22H23F4N5OS.ClH/c1-13-18(32-12-27-13)19-28-29-20(30(19)2)33-7-3-6-31-10-15-9-21(15,11-31)14-4-5-16(17(23)8-14)22(24,25)26;/h4-5,8,12,15H,3,6-7,9-11H2,1-2H3;1H/t15-,21?;/m1./s1. The predicted molar refractivity (Wildman–Crippen MR) is 121 cm³/mol. The quantitative estimate of drug-likeness (QED) is 0.246. The van der Waals surface area contributed by atoms with Gasteiger partial charge in [0.25, 0.3) is 0 Å². The summed E-state index contributed by atoms with van der Waals surface area (Å²) in [5, 5.41) is 9.25. The van der Waals surface area contributed by atoms with Gasteiger partial charge in [-0.25, -0.2) is 9.37 Å². The van der Waals surface area contributed by atoms with Crippen LogP contribution in [0.1, 0.15) is 29.7 Å². The van der Waals surface area contributed by atoms with Crippen molar-refractivity contribution in [1.82, 2.24) is 24.6 Å². The molecule has 12 heteroatoms. The van der Waals surface area contributed by atoms with Crippen LogP contribution in [0.3, 0.4) is 0 Å². The van der Waals surface area contributed by atoms with Gasteiger partial charge in [0.05, 0.1) is 11.3 Å². The summed E-state index contributed by atoms with van der Waals surface area (Å²) < 4.78 is 60.0. The van der Waals surface area contributed by atoms with Gasteiger partial charge in [0.15, 0.2) is 17.3 Å². The van der Waals surface area contributed by atoms with Crippen molar-refractivity contribution in [3.05, 3.63) is 47.2 Å². The molecule has 1 aliphatic carbocycles. The summed E-state index contributed by atoms with van der Waals surface area (Å²) in [7, 11) is 1.89. The molecular weight excluding hydrogens is 494 g/mol. The second-order valence-corrected chi connectivity index (χ2v) is 9.88. The summed E-state index contributed by atoms with van der Waals surface area (Å²) in [6.07, 6.45) is -1.44. The lowest BCUT2D eigenvalue weighted by Gasteiger charge is -2.21.